The van der Waals surface area contributed by atoms with E-state index >= 15 is 0 Å². The van der Waals surface area contributed by atoms with E-state index in [1.54, 1.807) is 0 Å². The van der Waals surface area contributed by atoms with Gasteiger partial charge in [-0.05, 0) is 25.9 Å². The van der Waals surface area contributed by atoms with E-state index in [2.05, 4.69) is 31.1 Å². The maximum Gasteiger partial charge on any atom is 0.148 e. The van der Waals surface area contributed by atoms with Gasteiger partial charge in [-0.25, -0.2) is 8.42 Å². The standard InChI is InChI=1S/C11H26N2O2S/c1-11(2)5-8-13(3)9-6-12-7-10-16(4,14)15/h11-12H,5-10H2,1-4H3. The molecule has 0 aliphatic carbocycles. The van der Waals surface area contributed by atoms with Crippen molar-refractivity contribution in [2.75, 3.05) is 45.2 Å². The summed E-state index contributed by atoms with van der Waals surface area (Å²) in [5.41, 5.74) is 0. The van der Waals surface area contributed by atoms with Crippen LogP contribution in [-0.4, -0.2) is 58.6 Å². The summed E-state index contributed by atoms with van der Waals surface area (Å²) < 4.78 is 21.7. The molecule has 1 N–H and O–H groups in total. The van der Waals surface area contributed by atoms with Crippen LogP contribution in [0, 0.1) is 5.92 Å². The van der Waals surface area contributed by atoms with Crippen molar-refractivity contribution in [2.24, 2.45) is 5.92 Å². The number of nitrogens with zero attached hydrogens (tertiary/aromatic N) is 1. The second-order valence-electron chi connectivity index (χ2n) is 4.87. The molecule has 0 radical (unpaired) electrons. The normalized spacial score (nSPS) is 12.6. The smallest absolute Gasteiger partial charge is 0.148 e. The molecule has 4 nitrogen and oxygen atoms in total. The fourth-order valence-corrected chi connectivity index (χ4v) is 1.76. The predicted octanol–water partition coefficient (Wildman–Crippen LogP) is 0.599. The molecule has 0 bridgehead atoms. The van der Waals surface area contributed by atoms with E-state index in [1.165, 1.54) is 12.7 Å². The summed E-state index contributed by atoms with van der Waals surface area (Å²) in [4.78, 5) is 2.27. The first-order chi connectivity index (χ1) is 7.31. The van der Waals surface area contributed by atoms with Crippen molar-refractivity contribution < 1.29 is 8.42 Å². The van der Waals surface area contributed by atoms with E-state index in [0.717, 1.165) is 25.6 Å². The van der Waals surface area contributed by atoms with Crippen LogP contribution in [0.5, 0.6) is 0 Å². The molecular weight excluding hydrogens is 224 g/mol. The van der Waals surface area contributed by atoms with Gasteiger partial charge in [-0.1, -0.05) is 13.8 Å². The molecule has 16 heavy (non-hydrogen) atoms. The summed E-state index contributed by atoms with van der Waals surface area (Å²) >= 11 is 0. The Morgan fingerprint density at radius 2 is 1.81 bits per heavy atom. The lowest BCUT2D eigenvalue weighted by atomic mass is 10.1. The second kappa shape index (κ2) is 8.03. The third kappa shape index (κ3) is 11.9. The lowest BCUT2D eigenvalue weighted by Gasteiger charge is -2.17. The third-order valence-corrected chi connectivity index (χ3v) is 3.35. The minimum absolute atomic E-state index is 0.225. The summed E-state index contributed by atoms with van der Waals surface area (Å²) in [6.07, 6.45) is 2.48. The van der Waals surface area contributed by atoms with Gasteiger partial charge in [0.1, 0.15) is 9.84 Å². The van der Waals surface area contributed by atoms with Crippen molar-refractivity contribution >= 4 is 9.84 Å². The Hall–Kier alpha value is -0.130. The molecule has 0 heterocycles. The van der Waals surface area contributed by atoms with Crippen molar-refractivity contribution in [2.45, 2.75) is 20.3 Å². The summed E-state index contributed by atoms with van der Waals surface area (Å²) in [5.74, 6) is 0.962. The molecule has 5 heteroatoms. The summed E-state index contributed by atoms with van der Waals surface area (Å²) in [7, 11) is -0.725. The van der Waals surface area contributed by atoms with Gasteiger partial charge in [0, 0.05) is 25.9 Å². The van der Waals surface area contributed by atoms with Gasteiger partial charge in [0.15, 0.2) is 0 Å². The molecule has 0 aliphatic heterocycles. The minimum Gasteiger partial charge on any atom is -0.314 e. The number of hydrogen-bond acceptors (Lipinski definition) is 4. The number of nitrogens with one attached hydrogen (secondary N) is 1. The van der Waals surface area contributed by atoms with E-state index in [0.29, 0.717) is 6.54 Å². The van der Waals surface area contributed by atoms with E-state index in [9.17, 15) is 8.42 Å². The molecule has 0 aromatic carbocycles. The van der Waals surface area contributed by atoms with Crippen molar-refractivity contribution in [1.29, 1.82) is 0 Å². The lowest BCUT2D eigenvalue weighted by Crippen LogP contribution is -2.32. The zero-order valence-electron chi connectivity index (χ0n) is 11.0. The Balaban J connectivity index is 3.38. The van der Waals surface area contributed by atoms with Crippen molar-refractivity contribution in [3.8, 4) is 0 Å². The van der Waals surface area contributed by atoms with Crippen LogP contribution in [0.25, 0.3) is 0 Å². The Morgan fingerprint density at radius 3 is 2.31 bits per heavy atom. The van der Waals surface area contributed by atoms with Crippen molar-refractivity contribution in [1.82, 2.24) is 10.2 Å². The van der Waals surface area contributed by atoms with Gasteiger partial charge in [-0.2, -0.15) is 0 Å². The number of hydrogen-bond donors (Lipinski definition) is 1. The van der Waals surface area contributed by atoms with E-state index in [1.807, 2.05) is 0 Å². The molecule has 0 fully saturated rings. The first kappa shape index (κ1) is 15.9. The van der Waals surface area contributed by atoms with E-state index in [-0.39, 0.29) is 5.75 Å². The molecule has 0 aromatic heterocycles. The molecule has 98 valence electrons. The number of likely N-dealkylation sites (N-methyl/N-ethyl adjacent to an activating group) is 1. The molecule has 0 unspecified atom stereocenters. The zero-order chi connectivity index (χ0) is 12.6. The van der Waals surface area contributed by atoms with Crippen LogP contribution in [-0.2, 0) is 9.84 Å². The first-order valence-electron chi connectivity index (χ1n) is 5.88. The van der Waals surface area contributed by atoms with Gasteiger partial charge in [-0.3, -0.25) is 0 Å². The summed E-state index contributed by atoms with van der Waals surface area (Å²) in [5, 5.41) is 3.14. The molecule has 0 saturated carbocycles. The molecular formula is C11H26N2O2S. The van der Waals surface area contributed by atoms with Gasteiger partial charge in [-0.15, -0.1) is 0 Å². The van der Waals surface area contributed by atoms with Crippen LogP contribution < -0.4 is 5.32 Å². The van der Waals surface area contributed by atoms with Gasteiger partial charge in [0.25, 0.3) is 0 Å². The summed E-state index contributed by atoms with van der Waals surface area (Å²) in [6.45, 7) is 7.92. The number of rotatable bonds is 9. The third-order valence-electron chi connectivity index (χ3n) is 2.41. The SMILES string of the molecule is CC(C)CCN(C)CCNCCS(C)(=O)=O. The van der Waals surface area contributed by atoms with Crippen molar-refractivity contribution in [3.63, 3.8) is 0 Å². The molecule has 0 aliphatic rings. The average molecular weight is 250 g/mol. The van der Waals surface area contributed by atoms with Crippen LogP contribution in [0.1, 0.15) is 20.3 Å². The zero-order valence-corrected chi connectivity index (χ0v) is 11.8. The summed E-state index contributed by atoms with van der Waals surface area (Å²) in [6, 6.07) is 0. The molecule has 0 saturated heterocycles. The molecule has 0 atom stereocenters. The van der Waals surface area contributed by atoms with Gasteiger partial charge >= 0.3 is 0 Å². The number of sulfone groups is 1. The lowest BCUT2D eigenvalue weighted by molar-refractivity contribution is 0.310. The van der Waals surface area contributed by atoms with Crippen molar-refractivity contribution in [3.05, 3.63) is 0 Å². The molecule has 0 aromatic rings. The van der Waals surface area contributed by atoms with Crippen LogP contribution in [0.15, 0.2) is 0 Å². The Labute approximate surface area is 100 Å². The van der Waals surface area contributed by atoms with Gasteiger partial charge in [0.05, 0.1) is 5.75 Å². The fourth-order valence-electron chi connectivity index (χ4n) is 1.24. The largest absolute Gasteiger partial charge is 0.314 e. The first-order valence-corrected chi connectivity index (χ1v) is 7.94. The van der Waals surface area contributed by atoms with Gasteiger partial charge in [0.2, 0.25) is 0 Å². The second-order valence-corrected chi connectivity index (χ2v) is 7.13. The fraction of sp³-hybridized carbons (Fsp3) is 1.00. The highest BCUT2D eigenvalue weighted by atomic mass is 32.2. The average Bonchev–Trinajstić information content (AvgIpc) is 2.12. The van der Waals surface area contributed by atoms with Crippen LogP contribution in [0.3, 0.4) is 0 Å². The minimum atomic E-state index is -2.82. The molecule has 0 rings (SSSR count). The van der Waals surface area contributed by atoms with Crippen LogP contribution >= 0.6 is 0 Å². The Morgan fingerprint density at radius 1 is 1.19 bits per heavy atom. The molecule has 0 amide bonds. The highest BCUT2D eigenvalue weighted by Crippen LogP contribution is 1.99. The van der Waals surface area contributed by atoms with Gasteiger partial charge < -0.3 is 10.2 Å². The Bertz CT molecular complexity index is 263. The van der Waals surface area contributed by atoms with E-state index in [4.69, 9.17) is 0 Å². The quantitative estimate of drug-likeness (QED) is 0.609. The topological polar surface area (TPSA) is 49.4 Å². The highest BCUT2D eigenvalue weighted by Gasteiger charge is 2.02. The van der Waals surface area contributed by atoms with E-state index < -0.39 is 9.84 Å². The molecule has 0 spiro atoms. The maximum atomic E-state index is 10.9. The van der Waals surface area contributed by atoms with Crippen LogP contribution in [0.4, 0.5) is 0 Å². The van der Waals surface area contributed by atoms with Crippen LogP contribution in [0.2, 0.25) is 0 Å². The highest BCUT2D eigenvalue weighted by molar-refractivity contribution is 7.90. The monoisotopic (exact) mass is 250 g/mol. The predicted molar refractivity (Wildman–Crippen MR) is 69.5 cm³/mol. The Kier molecular flexibility index (Phi) is 7.97. The maximum absolute atomic E-state index is 10.9.